The number of thiophene rings is 1. The van der Waals surface area contributed by atoms with Gasteiger partial charge in [-0.05, 0) is 38.2 Å². The summed E-state index contributed by atoms with van der Waals surface area (Å²) in [4.78, 5) is 38.3. The molecule has 1 aliphatic rings. The predicted octanol–water partition coefficient (Wildman–Crippen LogP) is 4.47. The van der Waals surface area contributed by atoms with E-state index in [4.69, 9.17) is 4.74 Å². The van der Waals surface area contributed by atoms with Gasteiger partial charge in [0, 0.05) is 16.5 Å². The standard InChI is InChI=1S/C23H23NO4S/c1-2-3-5-14-20(26)28-15-19(25)24-23-21(17-12-8-9-13-18(17)29-23)22(27)16-10-6-4-7-11-16/h2-7,10-11,14H,8-9,12-13,15H2,1H3,(H,24,25)/b3-2+,14-5+. The van der Waals surface area contributed by atoms with Gasteiger partial charge in [-0.1, -0.05) is 48.6 Å². The Hall–Kier alpha value is -2.99. The zero-order valence-electron chi connectivity index (χ0n) is 16.3. The largest absolute Gasteiger partial charge is 0.452 e. The van der Waals surface area contributed by atoms with Gasteiger partial charge in [0.15, 0.2) is 12.4 Å². The summed E-state index contributed by atoms with van der Waals surface area (Å²) in [5.41, 5.74) is 2.20. The van der Waals surface area contributed by atoms with Crippen molar-refractivity contribution in [2.24, 2.45) is 0 Å². The average molecular weight is 410 g/mol. The highest BCUT2D eigenvalue weighted by atomic mass is 32.1. The van der Waals surface area contributed by atoms with Crippen LogP contribution in [0.3, 0.4) is 0 Å². The van der Waals surface area contributed by atoms with Crippen molar-refractivity contribution in [3.63, 3.8) is 0 Å². The van der Waals surface area contributed by atoms with Gasteiger partial charge in [0.25, 0.3) is 5.91 Å². The van der Waals surface area contributed by atoms with Crippen LogP contribution in [0.25, 0.3) is 0 Å². The lowest BCUT2D eigenvalue weighted by Crippen LogP contribution is -2.21. The normalized spacial score (nSPS) is 13.4. The third kappa shape index (κ3) is 5.29. The molecule has 0 saturated heterocycles. The van der Waals surface area contributed by atoms with Crippen LogP contribution in [-0.4, -0.2) is 24.3 Å². The topological polar surface area (TPSA) is 72.5 Å². The number of anilines is 1. The van der Waals surface area contributed by atoms with Gasteiger partial charge in [-0.25, -0.2) is 4.79 Å². The summed E-state index contributed by atoms with van der Waals surface area (Å²) in [5, 5.41) is 3.32. The van der Waals surface area contributed by atoms with Crippen molar-refractivity contribution in [2.75, 3.05) is 11.9 Å². The second kappa shape index (κ2) is 9.98. The Morgan fingerprint density at radius 1 is 1.10 bits per heavy atom. The monoisotopic (exact) mass is 409 g/mol. The van der Waals surface area contributed by atoms with Gasteiger partial charge in [0.05, 0.1) is 5.56 Å². The number of rotatable bonds is 7. The molecule has 3 rings (SSSR count). The number of amides is 1. The number of ether oxygens (including phenoxy) is 1. The summed E-state index contributed by atoms with van der Waals surface area (Å²) >= 11 is 1.45. The van der Waals surface area contributed by atoms with Crippen LogP contribution < -0.4 is 5.32 Å². The smallest absolute Gasteiger partial charge is 0.331 e. The van der Waals surface area contributed by atoms with E-state index in [1.807, 2.05) is 25.1 Å². The zero-order chi connectivity index (χ0) is 20.6. The fourth-order valence-electron chi connectivity index (χ4n) is 3.22. The second-order valence-corrected chi connectivity index (χ2v) is 7.76. The maximum atomic E-state index is 13.1. The number of hydrogen-bond donors (Lipinski definition) is 1. The molecule has 1 aliphatic carbocycles. The van der Waals surface area contributed by atoms with E-state index in [0.29, 0.717) is 16.1 Å². The number of carbonyl (C=O) groups excluding carboxylic acids is 3. The number of fused-ring (bicyclic) bond motifs is 1. The molecule has 1 aromatic heterocycles. The highest BCUT2D eigenvalue weighted by molar-refractivity contribution is 7.17. The van der Waals surface area contributed by atoms with Crippen LogP contribution in [0.15, 0.2) is 54.6 Å². The first-order valence-corrected chi connectivity index (χ1v) is 10.4. The Bertz CT molecular complexity index is 957. The number of nitrogens with one attached hydrogen (secondary N) is 1. The molecule has 1 amide bonds. The van der Waals surface area contributed by atoms with E-state index in [1.54, 1.807) is 30.4 Å². The minimum absolute atomic E-state index is 0.0911. The first-order valence-electron chi connectivity index (χ1n) is 9.60. The van der Waals surface area contributed by atoms with Gasteiger partial charge in [0.1, 0.15) is 5.00 Å². The molecule has 0 bridgehead atoms. The third-order valence-electron chi connectivity index (χ3n) is 4.57. The summed E-state index contributed by atoms with van der Waals surface area (Å²) in [6.07, 6.45) is 10.1. The lowest BCUT2D eigenvalue weighted by atomic mass is 9.92. The van der Waals surface area contributed by atoms with Crippen molar-refractivity contribution in [1.29, 1.82) is 0 Å². The Kier molecular flexibility index (Phi) is 7.14. The SMILES string of the molecule is C/C=C/C=C/C(=O)OCC(=O)Nc1sc2c(c1C(=O)c1ccccc1)CCCC2. The first kappa shape index (κ1) is 20.7. The van der Waals surface area contributed by atoms with E-state index < -0.39 is 18.5 Å². The van der Waals surface area contributed by atoms with Crippen molar-refractivity contribution in [1.82, 2.24) is 0 Å². The number of esters is 1. The molecule has 1 N–H and O–H groups in total. The number of allylic oxidation sites excluding steroid dienone is 3. The highest BCUT2D eigenvalue weighted by Gasteiger charge is 2.27. The van der Waals surface area contributed by atoms with Gasteiger partial charge in [-0.3, -0.25) is 9.59 Å². The quantitative estimate of drug-likeness (QED) is 0.317. The van der Waals surface area contributed by atoms with Crippen LogP contribution >= 0.6 is 11.3 Å². The molecule has 0 saturated carbocycles. The summed E-state index contributed by atoms with van der Waals surface area (Å²) in [7, 11) is 0. The molecule has 29 heavy (non-hydrogen) atoms. The molecule has 0 unspecified atom stereocenters. The molecule has 6 heteroatoms. The van der Waals surface area contributed by atoms with Crippen LogP contribution in [0.2, 0.25) is 0 Å². The molecule has 1 heterocycles. The Labute approximate surface area is 174 Å². The molecule has 150 valence electrons. The average Bonchev–Trinajstić information content (AvgIpc) is 3.10. The molecule has 0 atom stereocenters. The number of benzene rings is 1. The fourth-order valence-corrected chi connectivity index (χ4v) is 4.52. The number of carbonyl (C=O) groups is 3. The fraction of sp³-hybridized carbons (Fsp3) is 0.261. The molecule has 1 aromatic carbocycles. The van der Waals surface area contributed by atoms with Crippen molar-refractivity contribution >= 4 is 34.0 Å². The van der Waals surface area contributed by atoms with E-state index in [2.05, 4.69) is 5.32 Å². The van der Waals surface area contributed by atoms with E-state index in [9.17, 15) is 14.4 Å². The Balaban J connectivity index is 1.77. The van der Waals surface area contributed by atoms with Gasteiger partial charge in [-0.2, -0.15) is 0 Å². The zero-order valence-corrected chi connectivity index (χ0v) is 17.1. The summed E-state index contributed by atoms with van der Waals surface area (Å²) in [6, 6.07) is 9.07. The van der Waals surface area contributed by atoms with E-state index in [1.165, 1.54) is 17.4 Å². The highest BCUT2D eigenvalue weighted by Crippen LogP contribution is 2.39. The summed E-state index contributed by atoms with van der Waals surface area (Å²) < 4.78 is 4.96. The van der Waals surface area contributed by atoms with Gasteiger partial charge in [0.2, 0.25) is 0 Å². The van der Waals surface area contributed by atoms with Crippen molar-refractivity contribution in [3.8, 4) is 0 Å². The van der Waals surface area contributed by atoms with Crippen molar-refractivity contribution < 1.29 is 19.1 Å². The third-order valence-corrected chi connectivity index (χ3v) is 5.78. The molecular formula is C23H23NO4S. The number of hydrogen-bond acceptors (Lipinski definition) is 5. The second-order valence-electron chi connectivity index (χ2n) is 6.65. The number of ketones is 1. The van der Waals surface area contributed by atoms with E-state index in [-0.39, 0.29) is 5.78 Å². The molecule has 0 aliphatic heterocycles. The van der Waals surface area contributed by atoms with Crippen LogP contribution in [0.5, 0.6) is 0 Å². The maximum Gasteiger partial charge on any atom is 0.331 e. The van der Waals surface area contributed by atoms with Crippen molar-refractivity contribution in [3.05, 3.63) is 76.2 Å². The van der Waals surface area contributed by atoms with Crippen LogP contribution in [0.4, 0.5) is 5.00 Å². The van der Waals surface area contributed by atoms with Gasteiger partial charge < -0.3 is 10.1 Å². The predicted molar refractivity (Wildman–Crippen MR) is 114 cm³/mol. The lowest BCUT2D eigenvalue weighted by molar-refractivity contribution is -0.142. The molecule has 0 spiro atoms. The molecule has 5 nitrogen and oxygen atoms in total. The molecule has 2 aromatic rings. The number of aryl methyl sites for hydroxylation is 1. The van der Waals surface area contributed by atoms with Gasteiger partial charge >= 0.3 is 5.97 Å². The van der Waals surface area contributed by atoms with Gasteiger partial charge in [-0.15, -0.1) is 11.3 Å². The van der Waals surface area contributed by atoms with E-state index >= 15 is 0 Å². The van der Waals surface area contributed by atoms with Crippen LogP contribution in [0, 0.1) is 0 Å². The Morgan fingerprint density at radius 2 is 1.86 bits per heavy atom. The minimum Gasteiger partial charge on any atom is -0.452 e. The maximum absolute atomic E-state index is 13.1. The molecular weight excluding hydrogens is 386 g/mol. The minimum atomic E-state index is -0.593. The summed E-state index contributed by atoms with van der Waals surface area (Å²) in [6.45, 7) is 1.43. The molecule has 0 radical (unpaired) electrons. The lowest BCUT2D eigenvalue weighted by Gasteiger charge is -2.12. The van der Waals surface area contributed by atoms with E-state index in [0.717, 1.165) is 36.1 Å². The van der Waals surface area contributed by atoms with Crippen LogP contribution in [-0.2, 0) is 27.2 Å². The first-order chi connectivity index (χ1) is 14.1. The summed E-state index contributed by atoms with van der Waals surface area (Å²) in [5.74, 6) is -1.14. The van der Waals surface area contributed by atoms with Crippen LogP contribution in [0.1, 0.15) is 46.1 Å². The Morgan fingerprint density at radius 3 is 2.62 bits per heavy atom. The van der Waals surface area contributed by atoms with Crippen molar-refractivity contribution in [2.45, 2.75) is 32.6 Å². The molecule has 0 fully saturated rings.